The van der Waals surface area contributed by atoms with E-state index in [-0.39, 0.29) is 11.8 Å². The third-order valence-electron chi connectivity index (χ3n) is 6.00. The highest BCUT2D eigenvalue weighted by atomic mass is 16.6. The lowest BCUT2D eigenvalue weighted by atomic mass is 9.81. The Morgan fingerprint density at radius 2 is 1.88 bits per heavy atom. The summed E-state index contributed by atoms with van der Waals surface area (Å²) in [5.74, 6) is 0.254. The van der Waals surface area contributed by atoms with Gasteiger partial charge in [0.05, 0.1) is 5.52 Å². The molecule has 0 saturated carbocycles. The summed E-state index contributed by atoms with van der Waals surface area (Å²) in [6, 6.07) is 17.3. The van der Waals surface area contributed by atoms with Gasteiger partial charge in [-0.15, -0.1) is 0 Å². The number of benzene rings is 2. The van der Waals surface area contributed by atoms with Crippen molar-refractivity contribution in [2.75, 3.05) is 6.54 Å². The van der Waals surface area contributed by atoms with Crippen LogP contribution in [0.25, 0.3) is 10.9 Å². The predicted octanol–water partition coefficient (Wildman–Crippen LogP) is 4.61. The third kappa shape index (κ3) is 4.69. The topological polar surface area (TPSA) is 89.5 Å². The van der Waals surface area contributed by atoms with Crippen molar-refractivity contribution in [1.82, 2.24) is 15.6 Å². The number of hydrogen-bond donors (Lipinski definition) is 2. The number of ether oxygens (including phenoxy) is 2. The molecule has 2 unspecified atom stereocenters. The van der Waals surface area contributed by atoms with Crippen LogP contribution >= 0.6 is 0 Å². The molecule has 4 rings (SSSR count). The molecule has 0 bridgehead atoms. The van der Waals surface area contributed by atoms with Gasteiger partial charge in [0.2, 0.25) is 0 Å². The molecular weight excluding hydrogens is 430 g/mol. The summed E-state index contributed by atoms with van der Waals surface area (Å²) in [7, 11) is 0. The standard InChI is InChI=1S/C27H31N3O4/c1-17-15-28-24(31)27(17,30-25(32)34-26(3,4)5)20-10-12-21(13-11-20)33-16-19-14-18(2)29-23-9-7-6-8-22(19)23/h6-14,17H,15-16H2,1-5H3,(H,28,31)(H,30,32). The molecule has 34 heavy (non-hydrogen) atoms. The Kier molecular flexibility index (Phi) is 6.21. The van der Waals surface area contributed by atoms with Crippen LogP contribution in [-0.2, 0) is 21.7 Å². The Hall–Kier alpha value is -3.61. The van der Waals surface area contributed by atoms with Crippen molar-refractivity contribution in [3.8, 4) is 5.75 Å². The number of hydrogen-bond acceptors (Lipinski definition) is 5. The fourth-order valence-corrected chi connectivity index (χ4v) is 4.38. The molecule has 178 valence electrons. The van der Waals surface area contributed by atoms with E-state index in [1.54, 1.807) is 20.8 Å². The molecule has 1 aliphatic rings. The van der Waals surface area contributed by atoms with E-state index in [0.29, 0.717) is 24.5 Å². The molecule has 1 aliphatic heterocycles. The minimum Gasteiger partial charge on any atom is -0.489 e. The maximum absolute atomic E-state index is 12.9. The molecule has 0 radical (unpaired) electrons. The monoisotopic (exact) mass is 461 g/mol. The largest absolute Gasteiger partial charge is 0.489 e. The molecule has 1 fully saturated rings. The highest BCUT2D eigenvalue weighted by molar-refractivity contribution is 5.93. The number of para-hydroxylation sites is 1. The summed E-state index contributed by atoms with van der Waals surface area (Å²) in [6.07, 6.45) is -0.628. The highest BCUT2D eigenvalue weighted by Crippen LogP contribution is 2.35. The summed E-state index contributed by atoms with van der Waals surface area (Å²) >= 11 is 0. The van der Waals surface area contributed by atoms with Crippen LogP contribution in [0.15, 0.2) is 54.6 Å². The van der Waals surface area contributed by atoms with Crippen molar-refractivity contribution in [3.05, 3.63) is 71.4 Å². The number of nitrogens with zero attached hydrogens (tertiary/aromatic N) is 1. The van der Waals surface area contributed by atoms with Gasteiger partial charge in [0, 0.05) is 29.1 Å². The van der Waals surface area contributed by atoms with Gasteiger partial charge in [0.15, 0.2) is 5.54 Å². The Labute approximate surface area is 199 Å². The zero-order valence-corrected chi connectivity index (χ0v) is 20.3. The number of fused-ring (bicyclic) bond motifs is 1. The zero-order chi connectivity index (χ0) is 24.5. The number of amides is 2. The smallest absolute Gasteiger partial charge is 0.408 e. The van der Waals surface area contributed by atoms with E-state index in [4.69, 9.17) is 9.47 Å². The van der Waals surface area contributed by atoms with Crippen LogP contribution in [0.4, 0.5) is 4.79 Å². The van der Waals surface area contributed by atoms with Gasteiger partial charge in [-0.05, 0) is 57.5 Å². The highest BCUT2D eigenvalue weighted by Gasteiger charge is 2.51. The van der Waals surface area contributed by atoms with Crippen molar-refractivity contribution in [2.24, 2.45) is 5.92 Å². The molecule has 0 spiro atoms. The maximum Gasteiger partial charge on any atom is 0.408 e. The molecule has 0 aliphatic carbocycles. The van der Waals surface area contributed by atoms with Crippen molar-refractivity contribution in [2.45, 2.75) is 52.4 Å². The number of pyridine rings is 1. The van der Waals surface area contributed by atoms with Gasteiger partial charge in [0.25, 0.3) is 5.91 Å². The lowest BCUT2D eigenvalue weighted by Gasteiger charge is -2.33. The number of aryl methyl sites for hydroxylation is 1. The van der Waals surface area contributed by atoms with Gasteiger partial charge in [-0.2, -0.15) is 0 Å². The second-order valence-electron chi connectivity index (χ2n) is 9.80. The first kappa shape index (κ1) is 23.5. The average molecular weight is 462 g/mol. The number of rotatable bonds is 5. The molecule has 2 amide bonds. The zero-order valence-electron chi connectivity index (χ0n) is 20.3. The molecule has 1 aromatic heterocycles. The molecule has 7 nitrogen and oxygen atoms in total. The first-order chi connectivity index (χ1) is 16.1. The van der Waals surface area contributed by atoms with Crippen LogP contribution in [-0.4, -0.2) is 29.1 Å². The van der Waals surface area contributed by atoms with E-state index in [1.807, 2.05) is 68.4 Å². The van der Waals surface area contributed by atoms with Crippen molar-refractivity contribution in [3.63, 3.8) is 0 Å². The van der Waals surface area contributed by atoms with E-state index in [2.05, 4.69) is 15.6 Å². The first-order valence-corrected chi connectivity index (χ1v) is 11.5. The van der Waals surface area contributed by atoms with Crippen LogP contribution in [0.3, 0.4) is 0 Å². The predicted molar refractivity (Wildman–Crippen MR) is 130 cm³/mol. The Balaban J connectivity index is 1.56. The van der Waals surface area contributed by atoms with Gasteiger partial charge < -0.3 is 20.1 Å². The van der Waals surface area contributed by atoms with Crippen LogP contribution in [0.1, 0.15) is 44.5 Å². The Bertz CT molecular complexity index is 1220. The summed E-state index contributed by atoms with van der Waals surface area (Å²) in [4.78, 5) is 30.1. The first-order valence-electron chi connectivity index (χ1n) is 11.5. The fourth-order valence-electron chi connectivity index (χ4n) is 4.38. The number of alkyl carbamates (subject to hydrolysis) is 1. The second-order valence-corrected chi connectivity index (χ2v) is 9.80. The maximum atomic E-state index is 12.9. The Morgan fingerprint density at radius 3 is 2.53 bits per heavy atom. The lowest BCUT2D eigenvalue weighted by molar-refractivity contribution is -0.125. The molecule has 3 aromatic rings. The number of aromatic nitrogens is 1. The third-order valence-corrected chi connectivity index (χ3v) is 6.00. The van der Waals surface area contributed by atoms with E-state index in [9.17, 15) is 9.59 Å². The number of carbonyl (C=O) groups is 2. The van der Waals surface area contributed by atoms with Crippen LogP contribution in [0.5, 0.6) is 5.75 Å². The van der Waals surface area contributed by atoms with Crippen molar-refractivity contribution >= 4 is 22.9 Å². The van der Waals surface area contributed by atoms with Crippen LogP contribution in [0.2, 0.25) is 0 Å². The summed E-state index contributed by atoms with van der Waals surface area (Å²) in [6.45, 7) is 10.1. The SMILES string of the molecule is Cc1cc(COc2ccc(C3(NC(=O)OC(C)(C)C)C(=O)NCC3C)cc2)c2ccccc2n1. The normalized spacial score (nSPS) is 20.1. The average Bonchev–Trinajstić information content (AvgIpc) is 3.05. The fraction of sp³-hybridized carbons (Fsp3) is 0.370. The van der Waals surface area contributed by atoms with Crippen LogP contribution < -0.4 is 15.4 Å². The molecule has 2 heterocycles. The Morgan fingerprint density at radius 1 is 1.18 bits per heavy atom. The summed E-state index contributed by atoms with van der Waals surface area (Å²) in [5.41, 5.74) is 1.73. The van der Waals surface area contributed by atoms with E-state index in [0.717, 1.165) is 22.2 Å². The minimum absolute atomic E-state index is 0.162. The molecule has 1 saturated heterocycles. The molecular formula is C27H31N3O4. The second kappa shape index (κ2) is 8.97. The van der Waals surface area contributed by atoms with Crippen molar-refractivity contribution < 1.29 is 19.1 Å². The summed E-state index contributed by atoms with van der Waals surface area (Å²) in [5, 5.41) is 6.77. The van der Waals surface area contributed by atoms with Gasteiger partial charge in [-0.1, -0.05) is 37.3 Å². The molecule has 2 atom stereocenters. The summed E-state index contributed by atoms with van der Waals surface area (Å²) < 4.78 is 11.5. The lowest BCUT2D eigenvalue weighted by Crippen LogP contribution is -2.55. The van der Waals surface area contributed by atoms with Gasteiger partial charge in [-0.25, -0.2) is 4.79 Å². The quantitative estimate of drug-likeness (QED) is 0.579. The van der Waals surface area contributed by atoms with E-state index < -0.39 is 17.2 Å². The number of nitrogens with one attached hydrogen (secondary N) is 2. The van der Waals surface area contributed by atoms with E-state index in [1.165, 1.54) is 0 Å². The number of carbonyl (C=O) groups excluding carboxylic acids is 2. The van der Waals surface area contributed by atoms with Crippen LogP contribution in [0, 0.1) is 12.8 Å². The van der Waals surface area contributed by atoms with E-state index >= 15 is 0 Å². The molecule has 2 N–H and O–H groups in total. The molecule has 2 aromatic carbocycles. The van der Waals surface area contributed by atoms with Gasteiger partial charge in [0.1, 0.15) is 18.0 Å². The van der Waals surface area contributed by atoms with Gasteiger partial charge >= 0.3 is 6.09 Å². The van der Waals surface area contributed by atoms with Crippen molar-refractivity contribution in [1.29, 1.82) is 0 Å². The minimum atomic E-state index is -1.21. The van der Waals surface area contributed by atoms with Gasteiger partial charge in [-0.3, -0.25) is 9.78 Å². The molecule has 7 heteroatoms.